The Labute approximate surface area is 188 Å². The van der Waals surface area contributed by atoms with Crippen molar-refractivity contribution in [2.75, 3.05) is 26.6 Å². The van der Waals surface area contributed by atoms with Crippen molar-refractivity contribution in [3.05, 3.63) is 65.7 Å². The third-order valence-electron chi connectivity index (χ3n) is 5.60. The SMILES string of the molecule is C/C(=N\COCCOc1ccccc1)c1ccc([C@@H]2CC[C@](N)(COP(=O)(O)O)C2)cc1. The van der Waals surface area contributed by atoms with Crippen molar-refractivity contribution in [1.82, 2.24) is 0 Å². The van der Waals surface area contributed by atoms with Gasteiger partial charge in [0, 0.05) is 11.3 Å². The molecule has 0 aliphatic heterocycles. The Morgan fingerprint density at radius 3 is 2.56 bits per heavy atom. The number of nitrogens with two attached hydrogens (primary N) is 1. The number of hydrogen-bond acceptors (Lipinski definition) is 6. The number of phosphoric acid groups is 1. The molecule has 0 spiro atoms. The fourth-order valence-corrected chi connectivity index (χ4v) is 4.24. The third-order valence-corrected chi connectivity index (χ3v) is 6.06. The van der Waals surface area contributed by atoms with E-state index in [0.717, 1.165) is 29.0 Å². The molecule has 2 aromatic rings. The topological polar surface area (TPSA) is 124 Å². The fraction of sp³-hybridized carbons (Fsp3) is 0.435. The van der Waals surface area contributed by atoms with Crippen molar-refractivity contribution in [3.8, 4) is 5.75 Å². The van der Waals surface area contributed by atoms with E-state index in [-0.39, 0.29) is 19.3 Å². The Balaban J connectivity index is 1.43. The summed E-state index contributed by atoms with van der Waals surface area (Å²) < 4.78 is 26.7. The molecule has 174 valence electrons. The van der Waals surface area contributed by atoms with Crippen LogP contribution in [0, 0.1) is 0 Å². The van der Waals surface area contributed by atoms with Crippen LogP contribution in [0.1, 0.15) is 43.2 Å². The van der Waals surface area contributed by atoms with Crippen LogP contribution < -0.4 is 10.5 Å². The van der Waals surface area contributed by atoms with Crippen molar-refractivity contribution in [2.45, 2.75) is 37.6 Å². The Morgan fingerprint density at radius 1 is 1.16 bits per heavy atom. The average Bonchev–Trinajstić information content (AvgIpc) is 3.17. The zero-order chi connectivity index (χ0) is 23.0. The van der Waals surface area contributed by atoms with Crippen molar-refractivity contribution >= 4 is 13.5 Å². The summed E-state index contributed by atoms with van der Waals surface area (Å²) in [6.45, 7) is 2.99. The van der Waals surface area contributed by atoms with Crippen LogP contribution in [-0.2, 0) is 13.8 Å². The number of aliphatic imine (C=N–C) groups is 1. The van der Waals surface area contributed by atoms with Gasteiger partial charge in [-0.2, -0.15) is 0 Å². The van der Waals surface area contributed by atoms with Crippen LogP contribution in [0.15, 0.2) is 59.6 Å². The van der Waals surface area contributed by atoms with Crippen LogP contribution in [0.4, 0.5) is 0 Å². The Hall–Kier alpha value is -2.06. The van der Waals surface area contributed by atoms with Gasteiger partial charge in [-0.1, -0.05) is 42.5 Å². The lowest BCUT2D eigenvalue weighted by molar-refractivity contribution is 0.106. The van der Waals surface area contributed by atoms with Crippen LogP contribution in [-0.4, -0.2) is 47.6 Å². The number of benzene rings is 2. The standard InChI is InChI=1S/C23H31N2O6P/c1-18(25-17-29-13-14-30-22-5-3-2-4-6-22)19-7-9-20(10-8-19)21-11-12-23(24,15-21)16-31-32(26,27)28/h2-10,21H,11-17,24H2,1H3,(H2,26,27,28)/b25-18+/t21-,23-/m1/s1. The van der Waals surface area contributed by atoms with Crippen LogP contribution in [0.2, 0.25) is 0 Å². The molecule has 0 bridgehead atoms. The molecule has 2 aromatic carbocycles. The first-order chi connectivity index (χ1) is 15.2. The van der Waals surface area contributed by atoms with Gasteiger partial charge in [0.1, 0.15) is 19.1 Å². The van der Waals surface area contributed by atoms with Gasteiger partial charge in [-0.05, 0) is 55.4 Å². The largest absolute Gasteiger partial charge is 0.491 e. The summed E-state index contributed by atoms with van der Waals surface area (Å²) >= 11 is 0. The molecule has 0 heterocycles. The highest BCUT2D eigenvalue weighted by molar-refractivity contribution is 7.46. The molecule has 1 saturated carbocycles. The van der Waals surface area contributed by atoms with Crippen molar-refractivity contribution in [1.29, 1.82) is 0 Å². The minimum absolute atomic E-state index is 0.145. The summed E-state index contributed by atoms with van der Waals surface area (Å²) in [6.07, 6.45) is 2.13. The van der Waals surface area contributed by atoms with Gasteiger partial charge >= 0.3 is 7.82 Å². The van der Waals surface area contributed by atoms with E-state index >= 15 is 0 Å². The first-order valence-corrected chi connectivity index (χ1v) is 12.1. The number of phosphoric ester groups is 1. The lowest BCUT2D eigenvalue weighted by Gasteiger charge is -2.24. The Kier molecular flexibility index (Phi) is 8.59. The van der Waals surface area contributed by atoms with E-state index in [4.69, 9.17) is 25.0 Å². The summed E-state index contributed by atoms with van der Waals surface area (Å²) in [4.78, 5) is 22.3. The van der Waals surface area contributed by atoms with E-state index in [2.05, 4.69) is 21.6 Å². The van der Waals surface area contributed by atoms with E-state index in [0.29, 0.717) is 26.1 Å². The minimum atomic E-state index is -4.51. The summed E-state index contributed by atoms with van der Waals surface area (Å²) in [5.74, 6) is 1.05. The summed E-state index contributed by atoms with van der Waals surface area (Å²) in [5, 5.41) is 0. The fourth-order valence-electron chi connectivity index (χ4n) is 3.81. The Morgan fingerprint density at radius 2 is 1.88 bits per heavy atom. The maximum atomic E-state index is 11.0. The van der Waals surface area contributed by atoms with E-state index < -0.39 is 13.4 Å². The first kappa shape index (κ1) is 24.6. The molecule has 8 nitrogen and oxygen atoms in total. The lowest BCUT2D eigenvalue weighted by Crippen LogP contribution is -2.41. The van der Waals surface area contributed by atoms with Gasteiger partial charge < -0.3 is 25.0 Å². The molecule has 1 aliphatic carbocycles. The van der Waals surface area contributed by atoms with E-state index in [1.54, 1.807) is 0 Å². The molecule has 0 saturated heterocycles. The maximum Gasteiger partial charge on any atom is 0.469 e. The zero-order valence-corrected chi connectivity index (χ0v) is 19.1. The zero-order valence-electron chi connectivity index (χ0n) is 18.2. The van der Waals surface area contributed by atoms with Gasteiger partial charge in [0.2, 0.25) is 0 Å². The van der Waals surface area contributed by atoms with Gasteiger partial charge in [0.15, 0.2) is 0 Å². The highest BCUT2D eigenvalue weighted by Gasteiger charge is 2.38. The highest BCUT2D eigenvalue weighted by atomic mass is 31.2. The second kappa shape index (κ2) is 11.2. The molecule has 1 aliphatic rings. The monoisotopic (exact) mass is 462 g/mol. The quantitative estimate of drug-likeness (QED) is 0.265. The Bertz CT molecular complexity index is 931. The van der Waals surface area contributed by atoms with Crippen LogP contribution in [0.5, 0.6) is 5.75 Å². The molecule has 0 amide bonds. The predicted molar refractivity (Wildman–Crippen MR) is 123 cm³/mol. The van der Waals surface area contributed by atoms with E-state index in [1.165, 1.54) is 0 Å². The van der Waals surface area contributed by atoms with Crippen molar-refractivity contribution in [3.63, 3.8) is 0 Å². The number of nitrogens with zero attached hydrogens (tertiary/aromatic N) is 1. The van der Waals surface area contributed by atoms with Crippen LogP contribution in [0.25, 0.3) is 0 Å². The van der Waals surface area contributed by atoms with Gasteiger partial charge in [0.25, 0.3) is 0 Å². The highest BCUT2D eigenvalue weighted by Crippen LogP contribution is 2.43. The molecule has 4 N–H and O–H groups in total. The second-order valence-electron chi connectivity index (χ2n) is 8.13. The molecule has 0 unspecified atom stereocenters. The molecule has 3 rings (SSSR count). The summed E-state index contributed by atoms with van der Waals surface area (Å²) in [6, 6.07) is 17.8. The van der Waals surface area contributed by atoms with Crippen LogP contribution in [0.3, 0.4) is 0 Å². The molecule has 0 aromatic heterocycles. The van der Waals surface area contributed by atoms with Crippen molar-refractivity contribution < 1.29 is 28.3 Å². The summed E-state index contributed by atoms with van der Waals surface area (Å²) in [5.41, 5.74) is 8.62. The lowest BCUT2D eigenvalue weighted by atomic mass is 9.93. The second-order valence-corrected chi connectivity index (χ2v) is 9.37. The molecular weight excluding hydrogens is 431 g/mol. The molecule has 0 radical (unpaired) electrons. The van der Waals surface area contributed by atoms with Gasteiger partial charge in [0.05, 0.1) is 13.2 Å². The number of hydrogen-bond donors (Lipinski definition) is 3. The predicted octanol–water partition coefficient (Wildman–Crippen LogP) is 3.62. The van der Waals surface area contributed by atoms with Crippen LogP contribution >= 0.6 is 7.82 Å². The smallest absolute Gasteiger partial charge is 0.469 e. The normalized spacial score (nSPS) is 21.6. The number of para-hydroxylation sites is 1. The average molecular weight is 462 g/mol. The van der Waals surface area contributed by atoms with E-state index in [1.807, 2.05) is 49.4 Å². The summed E-state index contributed by atoms with van der Waals surface area (Å²) in [7, 11) is -4.51. The molecule has 32 heavy (non-hydrogen) atoms. The molecular formula is C23H31N2O6P. The van der Waals surface area contributed by atoms with Gasteiger partial charge in [-0.3, -0.25) is 9.52 Å². The maximum absolute atomic E-state index is 11.0. The molecule has 1 fully saturated rings. The number of rotatable bonds is 11. The van der Waals surface area contributed by atoms with Gasteiger partial charge in [-0.25, -0.2) is 4.57 Å². The number of ether oxygens (including phenoxy) is 2. The van der Waals surface area contributed by atoms with Gasteiger partial charge in [-0.15, -0.1) is 0 Å². The minimum Gasteiger partial charge on any atom is -0.491 e. The third kappa shape index (κ3) is 7.81. The molecule has 9 heteroatoms. The van der Waals surface area contributed by atoms with E-state index in [9.17, 15) is 4.57 Å². The van der Waals surface area contributed by atoms with Crippen molar-refractivity contribution in [2.24, 2.45) is 10.7 Å². The first-order valence-electron chi connectivity index (χ1n) is 10.6. The molecule has 2 atom stereocenters.